The van der Waals surface area contributed by atoms with Crippen molar-refractivity contribution in [3.8, 4) is 0 Å². The van der Waals surface area contributed by atoms with Gasteiger partial charge in [-0.1, -0.05) is 58.3 Å². The molecule has 2 aliphatic rings. The van der Waals surface area contributed by atoms with Gasteiger partial charge in [-0.05, 0) is 32.6 Å². The first-order valence-electron chi connectivity index (χ1n) is 8.98. The van der Waals surface area contributed by atoms with Gasteiger partial charge in [0.2, 0.25) is 0 Å². The largest absolute Gasteiger partial charge is 0.375 e. The second-order valence-corrected chi connectivity index (χ2v) is 7.66. The van der Waals surface area contributed by atoms with Gasteiger partial charge in [-0.15, -0.1) is 11.6 Å². The maximum atomic E-state index is 6.60. The van der Waals surface area contributed by atoms with Gasteiger partial charge in [-0.25, -0.2) is 0 Å². The van der Waals surface area contributed by atoms with Crippen molar-refractivity contribution < 1.29 is 4.74 Å². The number of hydrogen-bond donors (Lipinski definition) is 0. The lowest BCUT2D eigenvalue weighted by molar-refractivity contribution is -0.142. The predicted octanol–water partition coefficient (Wildman–Crippen LogP) is 6.08. The summed E-state index contributed by atoms with van der Waals surface area (Å²) < 4.78 is 6.40. The van der Waals surface area contributed by atoms with Crippen molar-refractivity contribution in [1.29, 1.82) is 0 Å². The molecular formula is C18H33ClO. The first-order valence-corrected chi connectivity index (χ1v) is 9.42. The lowest BCUT2D eigenvalue weighted by Crippen LogP contribution is -2.56. The Bertz CT molecular complexity index is 271. The van der Waals surface area contributed by atoms with Crippen molar-refractivity contribution >= 4 is 11.6 Å². The maximum absolute atomic E-state index is 6.60. The zero-order chi connectivity index (χ0) is 14.4. The summed E-state index contributed by atoms with van der Waals surface area (Å²) in [7, 11) is 0. The van der Waals surface area contributed by atoms with Gasteiger partial charge < -0.3 is 4.74 Å². The van der Waals surface area contributed by atoms with Crippen molar-refractivity contribution in [2.45, 2.75) is 108 Å². The lowest BCUT2D eigenvalue weighted by atomic mass is 9.61. The van der Waals surface area contributed by atoms with Crippen LogP contribution in [0.15, 0.2) is 0 Å². The summed E-state index contributed by atoms with van der Waals surface area (Å²) in [6.45, 7) is 4.53. The van der Waals surface area contributed by atoms with Gasteiger partial charge in [0.1, 0.15) is 0 Å². The Morgan fingerprint density at radius 1 is 1.10 bits per heavy atom. The molecule has 3 unspecified atom stereocenters. The zero-order valence-corrected chi connectivity index (χ0v) is 14.3. The number of alkyl halides is 1. The van der Waals surface area contributed by atoms with Crippen LogP contribution in [0.1, 0.15) is 90.9 Å². The fraction of sp³-hybridized carbons (Fsp3) is 1.00. The molecule has 2 fully saturated rings. The van der Waals surface area contributed by atoms with Gasteiger partial charge >= 0.3 is 0 Å². The summed E-state index contributed by atoms with van der Waals surface area (Å²) in [6, 6.07) is 0. The first-order chi connectivity index (χ1) is 9.69. The van der Waals surface area contributed by atoms with Gasteiger partial charge in [0.15, 0.2) is 0 Å². The molecule has 2 saturated carbocycles. The highest BCUT2D eigenvalue weighted by Gasteiger charge is 2.54. The van der Waals surface area contributed by atoms with E-state index in [2.05, 4.69) is 13.8 Å². The molecule has 0 amide bonds. The number of halogens is 1. The molecule has 2 aliphatic carbocycles. The molecule has 0 aromatic rings. The minimum Gasteiger partial charge on any atom is -0.375 e. The van der Waals surface area contributed by atoms with Gasteiger partial charge in [0.05, 0.1) is 12.2 Å². The Labute approximate surface area is 130 Å². The average Bonchev–Trinajstić information content (AvgIpc) is 2.71. The number of hydrogen-bond acceptors (Lipinski definition) is 1. The van der Waals surface area contributed by atoms with E-state index in [0.29, 0.717) is 23.0 Å². The van der Waals surface area contributed by atoms with Crippen LogP contribution in [0.25, 0.3) is 0 Å². The smallest absolute Gasteiger partial charge is 0.0663 e. The third-order valence-electron chi connectivity index (χ3n) is 5.58. The molecule has 20 heavy (non-hydrogen) atoms. The minimum absolute atomic E-state index is 0.329. The first kappa shape index (κ1) is 16.6. The van der Waals surface area contributed by atoms with Crippen molar-refractivity contribution in [2.75, 3.05) is 0 Å². The van der Waals surface area contributed by atoms with Crippen molar-refractivity contribution in [1.82, 2.24) is 0 Å². The predicted molar refractivity (Wildman–Crippen MR) is 87.5 cm³/mol. The molecule has 0 radical (unpaired) electrons. The summed E-state index contributed by atoms with van der Waals surface area (Å²) in [4.78, 5) is 0. The summed E-state index contributed by atoms with van der Waals surface area (Å²) in [6.07, 6.45) is 16.6. The normalized spacial score (nSPS) is 30.8. The monoisotopic (exact) mass is 300 g/mol. The number of unbranched alkanes of at least 4 members (excludes halogenated alkanes) is 3. The molecule has 0 saturated heterocycles. The van der Waals surface area contributed by atoms with Gasteiger partial charge in [0.25, 0.3) is 0 Å². The molecule has 1 spiro atoms. The van der Waals surface area contributed by atoms with Crippen LogP contribution in [0.3, 0.4) is 0 Å². The third-order valence-corrected chi connectivity index (χ3v) is 6.19. The molecule has 118 valence electrons. The lowest BCUT2D eigenvalue weighted by Gasteiger charge is -2.54. The van der Waals surface area contributed by atoms with E-state index in [-0.39, 0.29) is 0 Å². The van der Waals surface area contributed by atoms with E-state index in [0.717, 1.165) is 6.42 Å². The highest BCUT2D eigenvalue weighted by atomic mass is 35.5. The number of ether oxygens (including phenoxy) is 1. The summed E-state index contributed by atoms with van der Waals surface area (Å²) >= 11 is 6.60. The average molecular weight is 301 g/mol. The second-order valence-electron chi connectivity index (χ2n) is 7.14. The third kappa shape index (κ3) is 3.91. The summed E-state index contributed by atoms with van der Waals surface area (Å²) in [5.74, 6) is 0. The zero-order valence-electron chi connectivity index (χ0n) is 13.5. The van der Waals surface area contributed by atoms with Crippen LogP contribution < -0.4 is 0 Å². The Morgan fingerprint density at radius 2 is 1.80 bits per heavy atom. The topological polar surface area (TPSA) is 9.23 Å². The molecule has 1 nitrogen and oxygen atoms in total. The van der Waals surface area contributed by atoms with Crippen LogP contribution in [-0.4, -0.2) is 17.6 Å². The number of rotatable bonds is 7. The van der Waals surface area contributed by atoms with E-state index in [1.165, 1.54) is 70.6 Å². The summed E-state index contributed by atoms with van der Waals surface area (Å²) in [5, 5.41) is 0.373. The quantitative estimate of drug-likeness (QED) is 0.409. The fourth-order valence-corrected chi connectivity index (χ4v) is 4.64. The van der Waals surface area contributed by atoms with E-state index < -0.39 is 0 Å². The molecule has 2 heteroatoms. The van der Waals surface area contributed by atoms with Gasteiger partial charge in [0, 0.05) is 10.8 Å². The second kappa shape index (κ2) is 8.03. The molecule has 0 aromatic carbocycles. The summed E-state index contributed by atoms with van der Waals surface area (Å²) in [5.41, 5.74) is 0.329. The van der Waals surface area contributed by atoms with E-state index in [1.54, 1.807) is 0 Å². The van der Waals surface area contributed by atoms with Crippen LogP contribution in [-0.2, 0) is 4.74 Å². The van der Waals surface area contributed by atoms with Crippen LogP contribution in [0.5, 0.6) is 0 Å². The van der Waals surface area contributed by atoms with Crippen LogP contribution >= 0.6 is 11.6 Å². The van der Waals surface area contributed by atoms with E-state index in [9.17, 15) is 0 Å². The molecule has 3 atom stereocenters. The molecule has 0 aliphatic heterocycles. The highest BCUT2D eigenvalue weighted by molar-refractivity contribution is 6.21. The Morgan fingerprint density at radius 3 is 2.40 bits per heavy atom. The molecular weight excluding hydrogens is 268 g/mol. The van der Waals surface area contributed by atoms with E-state index in [1.807, 2.05) is 0 Å². The molecule has 0 heterocycles. The van der Waals surface area contributed by atoms with E-state index in [4.69, 9.17) is 16.3 Å². The van der Waals surface area contributed by atoms with Gasteiger partial charge in [-0.2, -0.15) is 0 Å². The highest BCUT2D eigenvalue weighted by Crippen LogP contribution is 2.55. The Hall–Kier alpha value is 0.250. The van der Waals surface area contributed by atoms with Crippen LogP contribution in [0.2, 0.25) is 0 Å². The molecule has 0 bridgehead atoms. The van der Waals surface area contributed by atoms with Crippen molar-refractivity contribution in [2.24, 2.45) is 5.41 Å². The van der Waals surface area contributed by atoms with Crippen molar-refractivity contribution in [3.63, 3.8) is 0 Å². The van der Waals surface area contributed by atoms with Crippen LogP contribution in [0, 0.1) is 5.41 Å². The fourth-order valence-electron chi connectivity index (χ4n) is 4.12. The van der Waals surface area contributed by atoms with E-state index >= 15 is 0 Å². The standard InChI is InChI=1S/C18H33ClO/c1-3-4-5-8-11-15(2)20-17-14-16(19)18(17)12-9-6-7-10-13-18/h15-17H,3-14H2,1-2H3. The maximum Gasteiger partial charge on any atom is 0.0663 e. The van der Waals surface area contributed by atoms with Crippen LogP contribution in [0.4, 0.5) is 0 Å². The molecule has 0 aromatic heterocycles. The SMILES string of the molecule is CCCCCCC(C)OC1CC(Cl)C12CCCCCC2. The Kier molecular flexibility index (Phi) is 6.68. The van der Waals surface area contributed by atoms with Crippen molar-refractivity contribution in [3.05, 3.63) is 0 Å². The minimum atomic E-state index is 0.329. The van der Waals surface area contributed by atoms with Gasteiger partial charge in [-0.3, -0.25) is 0 Å². The Balaban J connectivity index is 1.77. The molecule has 0 N–H and O–H groups in total. The molecule has 2 rings (SSSR count).